The number of nitrogens with one attached hydrogen (secondary N) is 1. The van der Waals surface area contributed by atoms with Crippen LogP contribution in [0.4, 0.5) is 4.39 Å². The number of phenols is 1. The number of rotatable bonds is 4. The summed E-state index contributed by atoms with van der Waals surface area (Å²) in [5.41, 5.74) is 0.502. The lowest BCUT2D eigenvalue weighted by Crippen LogP contribution is -2.23. The Morgan fingerprint density at radius 1 is 1.14 bits per heavy atom. The summed E-state index contributed by atoms with van der Waals surface area (Å²) in [5, 5.41) is 20.4. The molecule has 0 aliphatic rings. The van der Waals surface area contributed by atoms with Crippen LogP contribution in [0.15, 0.2) is 42.5 Å². The Labute approximate surface area is 119 Å². The van der Waals surface area contributed by atoms with Crippen LogP contribution in [-0.2, 0) is 6.54 Å². The molecule has 2 rings (SSSR count). The molecule has 0 aliphatic heterocycles. The van der Waals surface area contributed by atoms with Crippen LogP contribution in [0.25, 0.3) is 0 Å². The summed E-state index contributed by atoms with van der Waals surface area (Å²) in [4.78, 5) is 22.6. The van der Waals surface area contributed by atoms with Crippen molar-refractivity contribution in [3.63, 3.8) is 0 Å². The summed E-state index contributed by atoms with van der Waals surface area (Å²) in [6, 6.07) is 9.31. The zero-order chi connectivity index (χ0) is 15.4. The van der Waals surface area contributed by atoms with Gasteiger partial charge in [0.2, 0.25) is 0 Å². The average Bonchev–Trinajstić information content (AvgIpc) is 2.45. The maximum Gasteiger partial charge on any atom is 0.335 e. The van der Waals surface area contributed by atoms with Crippen molar-refractivity contribution in [1.29, 1.82) is 0 Å². The number of hydrogen-bond donors (Lipinski definition) is 3. The third-order valence-corrected chi connectivity index (χ3v) is 2.82. The number of aromatic hydroxyl groups is 1. The lowest BCUT2D eigenvalue weighted by atomic mass is 10.1. The lowest BCUT2D eigenvalue weighted by molar-refractivity contribution is 0.0696. The maximum atomic E-state index is 13.5. The fraction of sp³-hybridized carbons (Fsp3) is 0.0667. The highest BCUT2D eigenvalue weighted by Crippen LogP contribution is 2.15. The van der Waals surface area contributed by atoms with Crippen molar-refractivity contribution in [1.82, 2.24) is 5.32 Å². The van der Waals surface area contributed by atoms with E-state index in [0.717, 1.165) is 6.07 Å². The molecule has 0 atom stereocenters. The summed E-state index contributed by atoms with van der Waals surface area (Å²) >= 11 is 0. The molecule has 21 heavy (non-hydrogen) atoms. The van der Waals surface area contributed by atoms with Crippen molar-refractivity contribution in [3.8, 4) is 5.75 Å². The van der Waals surface area contributed by atoms with E-state index in [4.69, 9.17) is 10.2 Å². The molecule has 2 aromatic carbocycles. The SMILES string of the molecule is O=C(O)c1cccc(CNC(=O)c2ccc(O)cc2F)c1. The number of phenolic OH excluding ortho intramolecular Hbond substituents is 1. The number of amides is 1. The Morgan fingerprint density at radius 2 is 1.90 bits per heavy atom. The molecule has 0 saturated carbocycles. The Morgan fingerprint density at radius 3 is 2.57 bits per heavy atom. The molecule has 0 unspecified atom stereocenters. The molecule has 0 saturated heterocycles. The number of carboxylic acids is 1. The van der Waals surface area contributed by atoms with Gasteiger partial charge in [-0.3, -0.25) is 4.79 Å². The van der Waals surface area contributed by atoms with Gasteiger partial charge in [-0.25, -0.2) is 9.18 Å². The third kappa shape index (κ3) is 3.56. The van der Waals surface area contributed by atoms with E-state index in [0.29, 0.717) is 5.56 Å². The van der Waals surface area contributed by atoms with Crippen LogP contribution in [0.3, 0.4) is 0 Å². The molecule has 5 nitrogen and oxygen atoms in total. The Balaban J connectivity index is 2.07. The van der Waals surface area contributed by atoms with Crippen LogP contribution in [0.1, 0.15) is 26.3 Å². The minimum atomic E-state index is -1.06. The second-order valence-electron chi connectivity index (χ2n) is 4.35. The van der Waals surface area contributed by atoms with Gasteiger partial charge in [-0.05, 0) is 29.8 Å². The molecule has 108 valence electrons. The molecule has 2 aromatic rings. The van der Waals surface area contributed by atoms with Gasteiger partial charge in [0.25, 0.3) is 5.91 Å². The van der Waals surface area contributed by atoms with Crippen molar-refractivity contribution < 1.29 is 24.2 Å². The molecule has 0 fully saturated rings. The molecule has 0 bridgehead atoms. The topological polar surface area (TPSA) is 86.6 Å². The first-order chi connectivity index (χ1) is 9.97. The van der Waals surface area contributed by atoms with E-state index in [1.54, 1.807) is 12.1 Å². The quantitative estimate of drug-likeness (QED) is 0.805. The molecule has 3 N–H and O–H groups in total. The molecule has 1 amide bonds. The number of carbonyl (C=O) groups is 2. The third-order valence-electron chi connectivity index (χ3n) is 2.82. The van der Waals surface area contributed by atoms with Gasteiger partial charge in [0, 0.05) is 12.6 Å². The first-order valence-corrected chi connectivity index (χ1v) is 6.06. The Bertz CT molecular complexity index is 700. The second kappa shape index (κ2) is 6.04. The van der Waals surface area contributed by atoms with Crippen LogP contribution >= 0.6 is 0 Å². The van der Waals surface area contributed by atoms with Gasteiger partial charge in [-0.1, -0.05) is 12.1 Å². The van der Waals surface area contributed by atoms with Gasteiger partial charge in [-0.15, -0.1) is 0 Å². The molecular weight excluding hydrogens is 277 g/mol. The molecule has 0 radical (unpaired) electrons. The predicted octanol–water partition coefficient (Wildman–Crippen LogP) is 2.16. The number of halogens is 1. The summed E-state index contributed by atoms with van der Waals surface area (Å²) in [5.74, 6) is -2.80. The van der Waals surface area contributed by atoms with Gasteiger partial charge >= 0.3 is 5.97 Å². The lowest BCUT2D eigenvalue weighted by Gasteiger charge is -2.07. The number of aromatic carboxylic acids is 1. The van der Waals surface area contributed by atoms with Crippen LogP contribution in [-0.4, -0.2) is 22.1 Å². The van der Waals surface area contributed by atoms with Crippen LogP contribution in [0.5, 0.6) is 5.75 Å². The van der Waals surface area contributed by atoms with Crippen molar-refractivity contribution in [2.24, 2.45) is 0 Å². The van der Waals surface area contributed by atoms with Crippen molar-refractivity contribution in [3.05, 3.63) is 65.0 Å². The number of hydrogen-bond acceptors (Lipinski definition) is 3. The molecule has 0 heterocycles. The smallest absolute Gasteiger partial charge is 0.335 e. The fourth-order valence-corrected chi connectivity index (χ4v) is 1.78. The Kier molecular flexibility index (Phi) is 4.18. The van der Waals surface area contributed by atoms with Crippen LogP contribution < -0.4 is 5.32 Å². The Hall–Kier alpha value is -2.89. The molecule has 6 heteroatoms. The predicted molar refractivity (Wildman–Crippen MR) is 72.6 cm³/mol. The van der Waals surface area contributed by atoms with Gasteiger partial charge in [0.1, 0.15) is 11.6 Å². The van der Waals surface area contributed by atoms with Gasteiger partial charge in [0.05, 0.1) is 11.1 Å². The maximum absolute atomic E-state index is 13.5. The highest BCUT2D eigenvalue weighted by atomic mass is 19.1. The first-order valence-electron chi connectivity index (χ1n) is 6.06. The van der Waals surface area contributed by atoms with Crippen molar-refractivity contribution >= 4 is 11.9 Å². The van der Waals surface area contributed by atoms with E-state index >= 15 is 0 Å². The minimum absolute atomic E-state index is 0.0697. The first kappa shape index (κ1) is 14.5. The van der Waals surface area contributed by atoms with E-state index in [1.165, 1.54) is 24.3 Å². The van der Waals surface area contributed by atoms with E-state index in [-0.39, 0.29) is 23.4 Å². The fourth-order valence-electron chi connectivity index (χ4n) is 1.78. The van der Waals surface area contributed by atoms with Gasteiger partial charge in [-0.2, -0.15) is 0 Å². The highest BCUT2D eigenvalue weighted by Gasteiger charge is 2.12. The summed E-state index contributed by atoms with van der Waals surface area (Å²) in [6.07, 6.45) is 0. The standard InChI is InChI=1S/C15H12FNO4/c16-13-7-11(18)4-5-12(13)14(19)17-8-9-2-1-3-10(6-9)15(20)21/h1-7,18H,8H2,(H,17,19)(H,20,21). The zero-order valence-electron chi connectivity index (χ0n) is 10.8. The van der Waals surface area contributed by atoms with E-state index in [2.05, 4.69) is 5.32 Å². The van der Waals surface area contributed by atoms with Crippen molar-refractivity contribution in [2.45, 2.75) is 6.54 Å². The van der Waals surface area contributed by atoms with Crippen molar-refractivity contribution in [2.75, 3.05) is 0 Å². The van der Waals surface area contributed by atoms with Crippen LogP contribution in [0, 0.1) is 5.82 Å². The van der Waals surface area contributed by atoms with Gasteiger partial charge < -0.3 is 15.5 Å². The molecule has 0 spiro atoms. The number of carboxylic acid groups (broad SMARTS) is 1. The molecule has 0 aliphatic carbocycles. The highest BCUT2D eigenvalue weighted by molar-refractivity contribution is 5.94. The summed E-state index contributed by atoms with van der Waals surface area (Å²) in [6.45, 7) is 0.0697. The number of benzene rings is 2. The number of carbonyl (C=O) groups excluding carboxylic acids is 1. The normalized spacial score (nSPS) is 10.1. The average molecular weight is 289 g/mol. The van der Waals surface area contributed by atoms with Gasteiger partial charge in [0.15, 0.2) is 0 Å². The molecular formula is C15H12FNO4. The monoisotopic (exact) mass is 289 g/mol. The largest absolute Gasteiger partial charge is 0.508 e. The summed E-state index contributed by atoms with van der Waals surface area (Å²) < 4.78 is 13.5. The zero-order valence-corrected chi connectivity index (χ0v) is 10.8. The van der Waals surface area contributed by atoms with E-state index in [1.807, 2.05) is 0 Å². The summed E-state index contributed by atoms with van der Waals surface area (Å²) in [7, 11) is 0. The van der Waals surface area contributed by atoms with Crippen LogP contribution in [0.2, 0.25) is 0 Å². The minimum Gasteiger partial charge on any atom is -0.508 e. The van der Waals surface area contributed by atoms with E-state index < -0.39 is 17.7 Å². The van der Waals surface area contributed by atoms with E-state index in [9.17, 15) is 14.0 Å². The molecule has 0 aromatic heterocycles. The second-order valence-corrected chi connectivity index (χ2v) is 4.35.